The molecule has 0 heterocycles. The van der Waals surface area contributed by atoms with Crippen molar-refractivity contribution in [2.45, 2.75) is 110 Å². The molecule has 0 aliphatic heterocycles. The van der Waals surface area contributed by atoms with Crippen molar-refractivity contribution >= 4 is 11.4 Å². The minimum absolute atomic E-state index is 0.278. The van der Waals surface area contributed by atoms with Crippen LogP contribution in [0.15, 0.2) is 58.8 Å². The third-order valence-electron chi connectivity index (χ3n) is 7.85. The smallest absolute Gasteiger partial charge is 0.119 e. The summed E-state index contributed by atoms with van der Waals surface area (Å²) < 4.78 is 12.7. The summed E-state index contributed by atoms with van der Waals surface area (Å²) in [5, 5.41) is 17.8. The van der Waals surface area contributed by atoms with Crippen molar-refractivity contribution in [2.24, 2.45) is 10.2 Å². The number of azo groups is 1. The molecule has 0 saturated carbocycles. The lowest BCUT2D eigenvalue weighted by atomic mass is 10.1. The van der Waals surface area contributed by atoms with Gasteiger partial charge in [0.05, 0.1) is 51.8 Å². The number of likely N-dealkylation sites (N-methyl/N-ethyl adjacent to an activating group) is 1. The number of nitrogens with zero attached hydrogens (tertiary/aromatic N) is 3. The van der Waals surface area contributed by atoms with Gasteiger partial charge in [-0.15, -0.1) is 0 Å². The Kier molecular flexibility index (Phi) is 19.6. The third kappa shape index (κ3) is 18.2. The summed E-state index contributed by atoms with van der Waals surface area (Å²) in [6.45, 7) is 6.08. The molecule has 0 aliphatic rings. The quantitative estimate of drug-likeness (QED) is 0.0682. The number of benzene rings is 2. The highest BCUT2D eigenvalue weighted by Gasteiger charge is 2.12. The van der Waals surface area contributed by atoms with Crippen LogP contribution in [0.5, 0.6) is 11.5 Å². The van der Waals surface area contributed by atoms with Crippen LogP contribution in [0.25, 0.3) is 0 Å². The average molecular weight is 583 g/mol. The Morgan fingerprint density at radius 1 is 0.524 bits per heavy atom. The lowest BCUT2D eigenvalue weighted by Crippen LogP contribution is -2.42. The molecule has 0 amide bonds. The lowest BCUT2D eigenvalue weighted by Gasteiger charge is -2.28. The molecule has 0 aliphatic carbocycles. The number of hydrogen-bond donors (Lipinski definition) is 1. The predicted molar refractivity (Wildman–Crippen MR) is 177 cm³/mol. The van der Waals surface area contributed by atoms with Crippen LogP contribution in [-0.2, 0) is 0 Å². The number of ether oxygens (including phenoxy) is 2. The maximum atomic E-state index is 9.11. The maximum Gasteiger partial charge on any atom is 0.119 e. The van der Waals surface area contributed by atoms with Gasteiger partial charge < -0.3 is 19.1 Å². The first-order chi connectivity index (χ1) is 20.5. The number of quaternary nitrogens is 1. The molecule has 236 valence electrons. The molecule has 2 rings (SSSR count). The van der Waals surface area contributed by atoms with Crippen molar-refractivity contribution in [3.05, 3.63) is 48.5 Å². The van der Waals surface area contributed by atoms with Crippen LogP contribution < -0.4 is 9.47 Å². The summed E-state index contributed by atoms with van der Waals surface area (Å²) in [6, 6.07) is 15.7. The first kappa shape index (κ1) is 35.8. The number of aliphatic hydroxyl groups excluding tert-OH is 1. The molecule has 2 aromatic rings. The molecule has 42 heavy (non-hydrogen) atoms. The largest absolute Gasteiger partial charge is 0.494 e. The number of rotatable bonds is 26. The van der Waals surface area contributed by atoms with Gasteiger partial charge in [0.2, 0.25) is 0 Å². The molecule has 0 atom stereocenters. The molecular formula is C36H60N3O3+. The highest BCUT2D eigenvalue weighted by Crippen LogP contribution is 2.23. The zero-order valence-electron chi connectivity index (χ0n) is 27.1. The van der Waals surface area contributed by atoms with E-state index < -0.39 is 0 Å². The third-order valence-corrected chi connectivity index (χ3v) is 7.85. The Morgan fingerprint density at radius 2 is 0.905 bits per heavy atom. The van der Waals surface area contributed by atoms with Crippen molar-refractivity contribution in [3.8, 4) is 11.5 Å². The molecule has 0 spiro atoms. The van der Waals surface area contributed by atoms with Gasteiger partial charge in [0.15, 0.2) is 0 Å². The van der Waals surface area contributed by atoms with Crippen molar-refractivity contribution in [3.63, 3.8) is 0 Å². The first-order valence-electron chi connectivity index (χ1n) is 16.8. The molecule has 0 bridgehead atoms. The van der Waals surface area contributed by atoms with E-state index in [9.17, 15) is 0 Å². The fourth-order valence-electron chi connectivity index (χ4n) is 5.03. The number of aliphatic hydroxyl groups is 1. The second-order valence-electron chi connectivity index (χ2n) is 12.3. The Labute approximate surface area is 257 Å². The van der Waals surface area contributed by atoms with E-state index in [1.54, 1.807) is 0 Å². The van der Waals surface area contributed by atoms with Crippen LogP contribution in [0.3, 0.4) is 0 Å². The Balaban J connectivity index is 1.49. The summed E-state index contributed by atoms with van der Waals surface area (Å²) in [5.41, 5.74) is 1.63. The van der Waals surface area contributed by atoms with Crippen LogP contribution in [0.1, 0.15) is 110 Å². The summed E-state index contributed by atoms with van der Waals surface area (Å²) in [5.74, 6) is 1.78. The fourth-order valence-corrected chi connectivity index (χ4v) is 5.03. The monoisotopic (exact) mass is 582 g/mol. The van der Waals surface area contributed by atoms with Gasteiger partial charge in [0.1, 0.15) is 18.0 Å². The second kappa shape index (κ2) is 23.1. The highest BCUT2D eigenvalue weighted by atomic mass is 16.5. The van der Waals surface area contributed by atoms with Crippen LogP contribution in [0, 0.1) is 0 Å². The number of unbranched alkanes of at least 4 members (excludes halogenated alkanes) is 14. The van der Waals surface area contributed by atoms with E-state index in [1.165, 1.54) is 89.9 Å². The summed E-state index contributed by atoms with van der Waals surface area (Å²) >= 11 is 0. The summed E-state index contributed by atoms with van der Waals surface area (Å²) in [7, 11) is 4.40. The molecular weight excluding hydrogens is 522 g/mol. The molecule has 6 heteroatoms. The first-order valence-corrected chi connectivity index (χ1v) is 16.8. The van der Waals surface area contributed by atoms with E-state index in [1.807, 2.05) is 48.5 Å². The Bertz CT molecular complexity index is 929. The van der Waals surface area contributed by atoms with Gasteiger partial charge in [0, 0.05) is 0 Å². The van der Waals surface area contributed by atoms with E-state index >= 15 is 0 Å². The minimum atomic E-state index is 0.278. The second-order valence-corrected chi connectivity index (χ2v) is 12.3. The SMILES string of the molecule is CCCCCCCCCCOc1ccc(N=Nc2ccc(OCCCCCCCCCC[N+](C)(C)CCO)cc2)cc1. The molecule has 0 fully saturated rings. The van der Waals surface area contributed by atoms with Crippen LogP contribution in [0.2, 0.25) is 0 Å². The lowest BCUT2D eigenvalue weighted by molar-refractivity contribution is -0.890. The Hall–Kier alpha value is -2.44. The predicted octanol–water partition coefficient (Wildman–Crippen LogP) is 10.2. The van der Waals surface area contributed by atoms with Crippen LogP contribution in [-0.4, -0.2) is 56.6 Å². The van der Waals surface area contributed by atoms with E-state index in [-0.39, 0.29) is 6.61 Å². The molecule has 0 saturated heterocycles. The Morgan fingerprint density at radius 3 is 1.31 bits per heavy atom. The average Bonchev–Trinajstić information content (AvgIpc) is 2.99. The molecule has 0 unspecified atom stereocenters. The van der Waals surface area contributed by atoms with Gasteiger partial charge in [-0.2, -0.15) is 10.2 Å². The zero-order chi connectivity index (χ0) is 30.1. The topological polar surface area (TPSA) is 63.4 Å². The van der Waals surface area contributed by atoms with Gasteiger partial charge in [-0.3, -0.25) is 0 Å². The zero-order valence-corrected chi connectivity index (χ0v) is 27.1. The normalized spacial score (nSPS) is 11.8. The molecule has 0 aromatic heterocycles. The van der Waals surface area contributed by atoms with Crippen molar-refractivity contribution in [1.82, 2.24) is 0 Å². The molecule has 6 nitrogen and oxygen atoms in total. The minimum Gasteiger partial charge on any atom is -0.494 e. The van der Waals surface area contributed by atoms with E-state index in [2.05, 4.69) is 31.2 Å². The molecule has 2 aromatic carbocycles. The van der Waals surface area contributed by atoms with Crippen molar-refractivity contribution in [1.29, 1.82) is 0 Å². The van der Waals surface area contributed by atoms with Crippen molar-refractivity contribution < 1.29 is 19.1 Å². The van der Waals surface area contributed by atoms with E-state index in [4.69, 9.17) is 14.6 Å². The molecule has 1 N–H and O–H groups in total. The van der Waals surface area contributed by atoms with Gasteiger partial charge in [-0.25, -0.2) is 0 Å². The van der Waals surface area contributed by atoms with E-state index in [0.29, 0.717) is 0 Å². The maximum absolute atomic E-state index is 9.11. The van der Waals surface area contributed by atoms with Crippen LogP contribution in [0.4, 0.5) is 11.4 Å². The van der Waals surface area contributed by atoms with E-state index in [0.717, 1.165) is 66.5 Å². The summed E-state index contributed by atoms with van der Waals surface area (Å²) in [4.78, 5) is 0. The van der Waals surface area contributed by atoms with Crippen LogP contribution >= 0.6 is 0 Å². The fraction of sp³-hybridized carbons (Fsp3) is 0.667. The van der Waals surface area contributed by atoms with Gasteiger partial charge >= 0.3 is 0 Å². The van der Waals surface area contributed by atoms with Gasteiger partial charge in [-0.1, -0.05) is 84.0 Å². The van der Waals surface area contributed by atoms with Gasteiger partial charge in [-0.05, 0) is 74.2 Å². The highest BCUT2D eigenvalue weighted by molar-refractivity contribution is 5.44. The van der Waals surface area contributed by atoms with Gasteiger partial charge in [0.25, 0.3) is 0 Å². The molecule has 0 radical (unpaired) electrons. The standard InChI is InChI=1S/C36H60N3O3/c1-4-5-6-7-8-12-15-18-31-41-35-24-20-33(21-25-35)37-38-34-22-26-36(27-23-34)42-32-19-16-13-10-9-11-14-17-28-39(2,3)29-30-40/h20-27,40H,4-19,28-32H2,1-3H3/q+1. The summed E-state index contributed by atoms with van der Waals surface area (Å²) in [6.07, 6.45) is 20.5. The van der Waals surface area contributed by atoms with Crippen molar-refractivity contribution in [2.75, 3.05) is 47.0 Å². The number of hydrogen-bond acceptors (Lipinski definition) is 5.